The van der Waals surface area contributed by atoms with Crippen LogP contribution in [-0.4, -0.2) is 23.0 Å². The van der Waals surface area contributed by atoms with E-state index in [1.165, 1.54) is 25.2 Å². The Labute approximate surface area is 144 Å². The number of aryl methyl sites for hydroxylation is 1. The molecule has 0 fully saturated rings. The number of carbonyl (C=O) groups is 1. The molecular weight excluding hydrogens is 303 g/mol. The van der Waals surface area contributed by atoms with E-state index in [2.05, 4.69) is 29.9 Å². The average molecular weight is 330 g/mol. The summed E-state index contributed by atoms with van der Waals surface area (Å²) in [4.78, 5) is 15.9. The van der Waals surface area contributed by atoms with Crippen molar-refractivity contribution >= 4 is 11.5 Å². The van der Waals surface area contributed by atoms with Crippen LogP contribution in [0.1, 0.15) is 38.8 Å². The zero-order valence-electron chi connectivity index (χ0n) is 14.6. The van der Waals surface area contributed by atoms with Gasteiger partial charge < -0.3 is 5.32 Å². The molecule has 0 aliphatic rings. The smallest absolute Gasteiger partial charge is 0.159 e. The highest BCUT2D eigenvalue weighted by molar-refractivity contribution is 5.90. The van der Waals surface area contributed by atoms with Crippen molar-refractivity contribution in [1.29, 1.82) is 0 Å². The highest BCUT2D eigenvalue weighted by Crippen LogP contribution is 2.13. The third-order valence-corrected chi connectivity index (χ3v) is 3.44. The molecule has 3 nitrogen and oxygen atoms in total. The predicted molar refractivity (Wildman–Crippen MR) is 99.0 cm³/mol. The number of hydrogen-bond acceptors (Lipinski definition) is 3. The van der Waals surface area contributed by atoms with E-state index in [-0.39, 0.29) is 12.2 Å². The quantitative estimate of drug-likeness (QED) is 0.359. The number of aromatic nitrogens is 1. The molecule has 0 aliphatic heterocycles. The number of hydrogen-bond donors (Lipinski definition) is 1. The fourth-order valence-corrected chi connectivity index (χ4v) is 1.99. The van der Waals surface area contributed by atoms with Crippen LogP contribution in [0, 0.1) is 0 Å². The lowest BCUT2D eigenvalue weighted by molar-refractivity contribution is -0.113. The van der Waals surface area contributed by atoms with E-state index < -0.39 is 5.67 Å². The monoisotopic (exact) mass is 330 g/mol. The largest absolute Gasteiger partial charge is 0.385 e. The van der Waals surface area contributed by atoms with Crippen molar-refractivity contribution in [2.45, 2.75) is 45.2 Å². The molecule has 24 heavy (non-hydrogen) atoms. The summed E-state index contributed by atoms with van der Waals surface area (Å²) >= 11 is 0. The third kappa shape index (κ3) is 8.42. The number of anilines is 1. The molecule has 0 saturated heterocycles. The molecule has 1 aromatic rings. The fraction of sp³-hybridized carbons (Fsp3) is 0.400. The van der Waals surface area contributed by atoms with E-state index in [1.807, 2.05) is 24.4 Å². The number of carbonyl (C=O) groups excluding carboxylic acids is 1. The molecule has 0 spiro atoms. The summed E-state index contributed by atoms with van der Waals surface area (Å²) < 4.78 is 13.5. The number of halogens is 1. The summed E-state index contributed by atoms with van der Waals surface area (Å²) in [6.07, 6.45) is 12.4. The Morgan fingerprint density at radius 2 is 2.25 bits per heavy atom. The number of nitrogens with one attached hydrogen (secondary N) is 1. The van der Waals surface area contributed by atoms with Crippen LogP contribution < -0.4 is 5.32 Å². The highest BCUT2D eigenvalue weighted by Gasteiger charge is 2.12. The van der Waals surface area contributed by atoms with Crippen molar-refractivity contribution < 1.29 is 9.18 Å². The van der Waals surface area contributed by atoms with Crippen LogP contribution in [0.5, 0.6) is 0 Å². The van der Waals surface area contributed by atoms with Gasteiger partial charge in [0.05, 0.1) is 0 Å². The second-order valence-electron chi connectivity index (χ2n) is 5.83. The molecule has 1 unspecified atom stereocenters. The summed E-state index contributed by atoms with van der Waals surface area (Å²) in [6.45, 7) is 7.66. The highest BCUT2D eigenvalue weighted by atomic mass is 19.1. The topological polar surface area (TPSA) is 42.0 Å². The van der Waals surface area contributed by atoms with Crippen molar-refractivity contribution in [3.8, 4) is 0 Å². The first-order chi connectivity index (χ1) is 11.5. The Hall–Kier alpha value is -2.23. The van der Waals surface area contributed by atoms with Gasteiger partial charge in [-0.2, -0.15) is 0 Å². The molecule has 0 saturated carbocycles. The van der Waals surface area contributed by atoms with Gasteiger partial charge in [-0.25, -0.2) is 4.39 Å². The van der Waals surface area contributed by atoms with Gasteiger partial charge in [-0.1, -0.05) is 38.2 Å². The van der Waals surface area contributed by atoms with Gasteiger partial charge in [-0.3, -0.25) is 9.78 Å². The first kappa shape index (κ1) is 19.8. The maximum atomic E-state index is 13.5. The number of nitrogens with zero attached hydrogens (tertiary/aromatic N) is 1. The van der Waals surface area contributed by atoms with Crippen molar-refractivity contribution in [2.75, 3.05) is 11.9 Å². The Balaban J connectivity index is 2.27. The molecule has 0 radical (unpaired) electrons. The van der Waals surface area contributed by atoms with Crippen molar-refractivity contribution in [1.82, 2.24) is 4.98 Å². The lowest BCUT2D eigenvalue weighted by Crippen LogP contribution is -2.09. The van der Waals surface area contributed by atoms with E-state index in [9.17, 15) is 9.18 Å². The van der Waals surface area contributed by atoms with Crippen LogP contribution >= 0.6 is 0 Å². The lowest BCUT2D eigenvalue weighted by Gasteiger charge is -2.07. The molecule has 1 heterocycles. The minimum Gasteiger partial charge on any atom is -0.385 e. The number of rotatable bonds is 11. The molecule has 0 aliphatic carbocycles. The summed E-state index contributed by atoms with van der Waals surface area (Å²) in [6, 6.07) is 4.01. The van der Waals surface area contributed by atoms with Gasteiger partial charge in [-0.15, -0.1) is 0 Å². The molecule has 0 amide bonds. The number of ketones is 1. The molecule has 0 bridgehead atoms. The summed E-state index contributed by atoms with van der Waals surface area (Å²) in [5.74, 6) is -0.122. The van der Waals surface area contributed by atoms with Crippen LogP contribution in [0.4, 0.5) is 10.1 Å². The minimum absolute atomic E-state index is 0.122. The molecule has 0 aromatic carbocycles. The summed E-state index contributed by atoms with van der Waals surface area (Å²) in [5.41, 5.74) is 0.520. The molecule has 1 N–H and O–H groups in total. The van der Waals surface area contributed by atoms with Crippen LogP contribution in [-0.2, 0) is 11.2 Å². The summed E-state index contributed by atoms with van der Waals surface area (Å²) in [7, 11) is 0. The zero-order valence-corrected chi connectivity index (χ0v) is 14.6. The van der Waals surface area contributed by atoms with Crippen LogP contribution in [0.2, 0.25) is 0 Å². The van der Waals surface area contributed by atoms with Gasteiger partial charge >= 0.3 is 0 Å². The molecule has 1 aromatic heterocycles. The van der Waals surface area contributed by atoms with Crippen LogP contribution in [0.3, 0.4) is 0 Å². The predicted octanol–water partition coefficient (Wildman–Crippen LogP) is 4.82. The Kier molecular flexibility index (Phi) is 8.69. The standard InChI is InChI=1S/C20H27FN2O/c1-4-9-17-16-18(12-15-23-17)22-14-8-6-7-10-19(24)11-13-20(3,21)5-2/h5-7,11-13,15-16H,2,4,8-10,14H2,1,3H3,(H,22,23)/b7-6+,13-11+. The minimum atomic E-state index is -1.63. The van der Waals surface area contributed by atoms with Gasteiger partial charge in [0.25, 0.3) is 0 Å². The SMILES string of the molecule is C=CC(C)(F)/C=C/C(=O)C/C=C/CCNc1ccnc(CCC)c1. The van der Waals surface area contributed by atoms with Crippen LogP contribution in [0.25, 0.3) is 0 Å². The third-order valence-electron chi connectivity index (χ3n) is 3.44. The molecule has 1 atom stereocenters. The Bertz CT molecular complexity index is 591. The van der Waals surface area contributed by atoms with E-state index in [1.54, 1.807) is 0 Å². The van der Waals surface area contributed by atoms with Crippen molar-refractivity contribution in [3.05, 3.63) is 61.0 Å². The normalized spacial score (nSPS) is 14.0. The number of alkyl halides is 1. The summed E-state index contributed by atoms with van der Waals surface area (Å²) in [5, 5.41) is 3.33. The van der Waals surface area contributed by atoms with Gasteiger partial charge in [0.2, 0.25) is 0 Å². The molecule has 130 valence electrons. The van der Waals surface area contributed by atoms with Crippen molar-refractivity contribution in [3.63, 3.8) is 0 Å². The second kappa shape index (κ2) is 10.5. The number of pyridine rings is 1. The zero-order chi connectivity index (χ0) is 17.8. The maximum absolute atomic E-state index is 13.5. The van der Waals surface area contributed by atoms with Gasteiger partial charge in [0.15, 0.2) is 5.78 Å². The molecule has 1 rings (SSSR count). The van der Waals surface area contributed by atoms with E-state index >= 15 is 0 Å². The van der Waals surface area contributed by atoms with Crippen LogP contribution in [0.15, 0.2) is 55.3 Å². The molecule has 4 heteroatoms. The second-order valence-corrected chi connectivity index (χ2v) is 5.83. The van der Waals surface area contributed by atoms with E-state index in [0.29, 0.717) is 0 Å². The Morgan fingerprint density at radius 3 is 2.96 bits per heavy atom. The maximum Gasteiger partial charge on any atom is 0.159 e. The number of allylic oxidation sites excluding steroid dienone is 4. The van der Waals surface area contributed by atoms with Crippen molar-refractivity contribution in [2.24, 2.45) is 0 Å². The Morgan fingerprint density at radius 1 is 1.46 bits per heavy atom. The van der Waals surface area contributed by atoms with E-state index in [0.717, 1.165) is 37.2 Å². The first-order valence-electron chi connectivity index (χ1n) is 8.35. The van der Waals surface area contributed by atoms with Gasteiger partial charge in [0, 0.05) is 30.5 Å². The molecular formula is C20H27FN2O. The van der Waals surface area contributed by atoms with Gasteiger partial charge in [0.1, 0.15) is 5.67 Å². The lowest BCUT2D eigenvalue weighted by atomic mass is 10.1. The van der Waals surface area contributed by atoms with Gasteiger partial charge in [-0.05, 0) is 44.1 Å². The average Bonchev–Trinajstić information content (AvgIpc) is 2.57. The first-order valence-corrected chi connectivity index (χ1v) is 8.35. The van der Waals surface area contributed by atoms with E-state index in [4.69, 9.17) is 0 Å². The fourth-order valence-electron chi connectivity index (χ4n) is 1.99.